The van der Waals surface area contributed by atoms with Crippen LogP contribution in [-0.2, 0) is 4.74 Å². The van der Waals surface area contributed by atoms with Crippen molar-refractivity contribution in [2.75, 3.05) is 13.2 Å². The SMILES string of the molecule is CC(NCC1(O)CCOC1C)c1c(O)cccc1O. The number of rotatable bonds is 4. The quantitative estimate of drug-likeness (QED) is 0.661. The lowest BCUT2D eigenvalue weighted by atomic mass is 9.95. The molecular formula is C14H21NO4. The van der Waals surface area contributed by atoms with Gasteiger partial charge < -0.3 is 25.4 Å². The molecule has 1 saturated heterocycles. The molecule has 2 rings (SSSR count). The second-order valence-electron chi connectivity index (χ2n) is 5.18. The molecule has 0 radical (unpaired) electrons. The van der Waals surface area contributed by atoms with Crippen molar-refractivity contribution in [2.45, 2.75) is 38.0 Å². The van der Waals surface area contributed by atoms with Crippen LogP contribution >= 0.6 is 0 Å². The van der Waals surface area contributed by atoms with Crippen LogP contribution < -0.4 is 5.32 Å². The summed E-state index contributed by atoms with van der Waals surface area (Å²) in [6.45, 7) is 4.58. The van der Waals surface area contributed by atoms with E-state index in [1.165, 1.54) is 12.1 Å². The second kappa shape index (κ2) is 5.36. The van der Waals surface area contributed by atoms with Gasteiger partial charge in [-0.15, -0.1) is 0 Å². The topological polar surface area (TPSA) is 82.0 Å². The highest BCUT2D eigenvalue weighted by atomic mass is 16.5. The van der Waals surface area contributed by atoms with Gasteiger partial charge >= 0.3 is 0 Å². The Kier molecular flexibility index (Phi) is 3.99. The van der Waals surface area contributed by atoms with E-state index in [1.807, 2.05) is 13.8 Å². The molecule has 3 unspecified atom stereocenters. The zero-order valence-corrected chi connectivity index (χ0v) is 11.3. The highest BCUT2D eigenvalue weighted by molar-refractivity contribution is 5.44. The Hall–Kier alpha value is -1.30. The summed E-state index contributed by atoms with van der Waals surface area (Å²) in [4.78, 5) is 0. The summed E-state index contributed by atoms with van der Waals surface area (Å²) < 4.78 is 5.37. The molecule has 1 aliphatic rings. The Morgan fingerprint density at radius 3 is 2.58 bits per heavy atom. The number of hydrogen-bond acceptors (Lipinski definition) is 5. The van der Waals surface area contributed by atoms with E-state index < -0.39 is 5.60 Å². The van der Waals surface area contributed by atoms with Crippen molar-refractivity contribution in [1.29, 1.82) is 0 Å². The van der Waals surface area contributed by atoms with Crippen molar-refractivity contribution < 1.29 is 20.1 Å². The molecule has 1 aliphatic heterocycles. The summed E-state index contributed by atoms with van der Waals surface area (Å²) in [5, 5.41) is 33.1. The number of nitrogens with one attached hydrogen (secondary N) is 1. The summed E-state index contributed by atoms with van der Waals surface area (Å²) in [6.07, 6.45) is 0.367. The first-order valence-corrected chi connectivity index (χ1v) is 6.52. The third kappa shape index (κ3) is 2.83. The maximum absolute atomic E-state index is 10.4. The Morgan fingerprint density at radius 2 is 2.05 bits per heavy atom. The molecule has 19 heavy (non-hydrogen) atoms. The lowest BCUT2D eigenvalue weighted by Crippen LogP contribution is -2.46. The standard InChI is InChI=1S/C14H21NO4/c1-9(13-11(16)4-3-5-12(13)17)15-8-14(18)6-7-19-10(14)2/h3-5,9-10,15-18H,6-8H2,1-2H3. The molecule has 1 heterocycles. The summed E-state index contributed by atoms with van der Waals surface area (Å²) >= 11 is 0. The van der Waals surface area contributed by atoms with Gasteiger partial charge in [0.25, 0.3) is 0 Å². The fourth-order valence-electron chi connectivity index (χ4n) is 2.42. The van der Waals surface area contributed by atoms with Crippen LogP contribution in [0.2, 0.25) is 0 Å². The number of phenolic OH excluding ortho intramolecular Hbond substituents is 2. The molecule has 1 fully saturated rings. The first kappa shape index (κ1) is 14.1. The highest BCUT2D eigenvalue weighted by Crippen LogP contribution is 2.33. The van der Waals surface area contributed by atoms with Gasteiger partial charge in [-0.3, -0.25) is 0 Å². The predicted octanol–water partition coefficient (Wildman–Crippen LogP) is 1.29. The third-order valence-corrected chi connectivity index (χ3v) is 3.87. The van der Waals surface area contributed by atoms with Crippen molar-refractivity contribution in [3.63, 3.8) is 0 Å². The van der Waals surface area contributed by atoms with Crippen molar-refractivity contribution in [3.05, 3.63) is 23.8 Å². The number of aromatic hydroxyl groups is 2. The normalized spacial score (nSPS) is 28.5. The summed E-state index contributed by atoms with van der Waals surface area (Å²) in [5.41, 5.74) is -0.452. The van der Waals surface area contributed by atoms with Gasteiger partial charge in [0.1, 0.15) is 17.1 Å². The van der Waals surface area contributed by atoms with E-state index in [4.69, 9.17) is 4.74 Å². The van der Waals surface area contributed by atoms with E-state index in [0.29, 0.717) is 25.1 Å². The van der Waals surface area contributed by atoms with E-state index in [9.17, 15) is 15.3 Å². The van der Waals surface area contributed by atoms with Crippen molar-refractivity contribution in [2.24, 2.45) is 0 Å². The lowest BCUT2D eigenvalue weighted by Gasteiger charge is -2.28. The Balaban J connectivity index is 2.04. The molecule has 5 heteroatoms. The Labute approximate surface area is 112 Å². The fourth-order valence-corrected chi connectivity index (χ4v) is 2.42. The summed E-state index contributed by atoms with van der Waals surface area (Å²) in [7, 11) is 0. The lowest BCUT2D eigenvalue weighted by molar-refractivity contribution is -0.0275. The van der Waals surface area contributed by atoms with E-state index >= 15 is 0 Å². The molecule has 3 atom stereocenters. The number of hydrogen-bond donors (Lipinski definition) is 4. The van der Waals surface area contributed by atoms with Crippen LogP contribution in [0.4, 0.5) is 0 Å². The van der Waals surface area contributed by atoms with Crippen LogP contribution in [0.5, 0.6) is 11.5 Å². The molecule has 0 spiro atoms. The minimum atomic E-state index is -0.895. The number of benzene rings is 1. The van der Waals surface area contributed by atoms with Gasteiger partial charge in [-0.05, 0) is 26.0 Å². The van der Waals surface area contributed by atoms with E-state index in [2.05, 4.69) is 5.32 Å². The first-order valence-electron chi connectivity index (χ1n) is 6.52. The molecule has 1 aromatic carbocycles. The molecule has 0 aromatic heterocycles. The van der Waals surface area contributed by atoms with Crippen LogP contribution in [-0.4, -0.2) is 40.2 Å². The van der Waals surface area contributed by atoms with Gasteiger partial charge in [0.15, 0.2) is 0 Å². The monoisotopic (exact) mass is 267 g/mol. The molecule has 0 saturated carbocycles. The molecule has 5 nitrogen and oxygen atoms in total. The van der Waals surface area contributed by atoms with Gasteiger partial charge in [0, 0.05) is 25.6 Å². The summed E-state index contributed by atoms with van der Waals surface area (Å²) in [5.74, 6) is 0.0884. The van der Waals surface area contributed by atoms with E-state index in [0.717, 1.165) is 0 Å². The number of aliphatic hydroxyl groups is 1. The van der Waals surface area contributed by atoms with Crippen LogP contribution in [0.1, 0.15) is 31.9 Å². The summed E-state index contributed by atoms with van der Waals surface area (Å²) in [6, 6.07) is 4.38. The van der Waals surface area contributed by atoms with Crippen molar-refractivity contribution >= 4 is 0 Å². The van der Waals surface area contributed by atoms with Crippen LogP contribution in [0.25, 0.3) is 0 Å². The average Bonchev–Trinajstić information content (AvgIpc) is 2.67. The molecule has 4 N–H and O–H groups in total. The molecule has 106 valence electrons. The van der Waals surface area contributed by atoms with E-state index in [1.54, 1.807) is 6.07 Å². The maximum Gasteiger partial charge on any atom is 0.124 e. The third-order valence-electron chi connectivity index (χ3n) is 3.87. The Bertz CT molecular complexity index is 431. The number of phenols is 2. The first-order chi connectivity index (χ1) is 8.94. The molecular weight excluding hydrogens is 246 g/mol. The highest BCUT2D eigenvalue weighted by Gasteiger charge is 2.39. The van der Waals surface area contributed by atoms with Gasteiger partial charge in [-0.1, -0.05) is 6.07 Å². The van der Waals surface area contributed by atoms with Crippen molar-refractivity contribution in [1.82, 2.24) is 5.32 Å². The Morgan fingerprint density at radius 1 is 1.42 bits per heavy atom. The average molecular weight is 267 g/mol. The van der Waals surface area contributed by atoms with Gasteiger partial charge in [0.05, 0.1) is 11.7 Å². The molecule has 0 amide bonds. The van der Waals surface area contributed by atoms with Gasteiger partial charge in [-0.25, -0.2) is 0 Å². The van der Waals surface area contributed by atoms with Crippen LogP contribution in [0.15, 0.2) is 18.2 Å². The van der Waals surface area contributed by atoms with Gasteiger partial charge in [0.2, 0.25) is 0 Å². The fraction of sp³-hybridized carbons (Fsp3) is 0.571. The smallest absolute Gasteiger partial charge is 0.124 e. The largest absolute Gasteiger partial charge is 0.507 e. The zero-order chi connectivity index (χ0) is 14.0. The maximum atomic E-state index is 10.4. The predicted molar refractivity (Wildman–Crippen MR) is 71.2 cm³/mol. The molecule has 0 aliphatic carbocycles. The molecule has 0 bridgehead atoms. The second-order valence-corrected chi connectivity index (χ2v) is 5.18. The van der Waals surface area contributed by atoms with E-state index in [-0.39, 0.29) is 23.6 Å². The van der Waals surface area contributed by atoms with Crippen molar-refractivity contribution in [3.8, 4) is 11.5 Å². The van der Waals surface area contributed by atoms with Crippen LogP contribution in [0.3, 0.4) is 0 Å². The van der Waals surface area contributed by atoms with Gasteiger partial charge in [-0.2, -0.15) is 0 Å². The minimum Gasteiger partial charge on any atom is -0.507 e. The van der Waals surface area contributed by atoms with Crippen LogP contribution in [0, 0.1) is 0 Å². The number of ether oxygens (including phenoxy) is 1. The zero-order valence-electron chi connectivity index (χ0n) is 11.3. The molecule has 1 aromatic rings. The minimum absolute atomic E-state index is 0.0442.